The van der Waals surface area contributed by atoms with E-state index in [4.69, 9.17) is 9.84 Å². The number of ether oxygens (including phenoxy) is 1. The van der Waals surface area contributed by atoms with Crippen molar-refractivity contribution >= 4 is 11.4 Å². The lowest BCUT2D eigenvalue weighted by atomic mass is 10.2. The molecule has 0 saturated carbocycles. The summed E-state index contributed by atoms with van der Waals surface area (Å²) in [6.45, 7) is 2.79. The average molecular weight is 240 g/mol. The summed E-state index contributed by atoms with van der Waals surface area (Å²) in [5, 5.41) is 19.9. The number of aliphatic hydroxyl groups is 1. The zero-order chi connectivity index (χ0) is 12.8. The first kappa shape index (κ1) is 13.2. The van der Waals surface area contributed by atoms with Crippen LogP contribution in [-0.2, 0) is 0 Å². The minimum absolute atomic E-state index is 0.0142. The second-order valence-electron chi connectivity index (χ2n) is 3.42. The van der Waals surface area contributed by atoms with Crippen molar-refractivity contribution in [3.63, 3.8) is 0 Å². The first-order valence-electron chi connectivity index (χ1n) is 5.32. The summed E-state index contributed by atoms with van der Waals surface area (Å²) in [5.74, 6) is 0.445. The Kier molecular flexibility index (Phi) is 4.71. The molecule has 0 radical (unpaired) electrons. The Balaban J connectivity index is 3.16. The van der Waals surface area contributed by atoms with Crippen molar-refractivity contribution in [3.8, 4) is 5.75 Å². The van der Waals surface area contributed by atoms with Gasteiger partial charge in [0.15, 0.2) is 0 Å². The molecule has 94 valence electrons. The highest BCUT2D eigenvalue weighted by Crippen LogP contribution is 2.31. The molecule has 17 heavy (non-hydrogen) atoms. The summed E-state index contributed by atoms with van der Waals surface area (Å²) in [7, 11) is 1.46. The minimum atomic E-state index is -0.447. The predicted molar refractivity (Wildman–Crippen MR) is 64.6 cm³/mol. The molecule has 0 spiro atoms. The third-order valence-electron chi connectivity index (χ3n) is 2.47. The Labute approximate surface area is 99.6 Å². The van der Waals surface area contributed by atoms with Crippen molar-refractivity contribution in [3.05, 3.63) is 28.3 Å². The predicted octanol–water partition coefficient (Wildman–Crippen LogP) is 1.42. The Morgan fingerprint density at radius 2 is 2.24 bits per heavy atom. The van der Waals surface area contributed by atoms with Crippen LogP contribution in [0, 0.1) is 10.1 Å². The van der Waals surface area contributed by atoms with Gasteiger partial charge in [0.05, 0.1) is 24.7 Å². The van der Waals surface area contributed by atoms with Gasteiger partial charge in [-0.3, -0.25) is 10.1 Å². The summed E-state index contributed by atoms with van der Waals surface area (Å²) in [5.41, 5.74) is 0.479. The van der Waals surface area contributed by atoms with E-state index in [1.54, 1.807) is 17.0 Å². The summed E-state index contributed by atoms with van der Waals surface area (Å²) in [4.78, 5) is 12.3. The summed E-state index contributed by atoms with van der Waals surface area (Å²) in [6, 6.07) is 4.69. The molecular formula is C11H16N2O4. The molecule has 6 nitrogen and oxygen atoms in total. The molecule has 0 atom stereocenters. The lowest BCUT2D eigenvalue weighted by molar-refractivity contribution is -0.384. The maximum atomic E-state index is 11.0. The number of aliphatic hydroxyl groups excluding tert-OH is 1. The van der Waals surface area contributed by atoms with Gasteiger partial charge in [0.25, 0.3) is 5.69 Å². The molecule has 0 amide bonds. The van der Waals surface area contributed by atoms with Crippen LogP contribution in [0.25, 0.3) is 0 Å². The fraction of sp³-hybridized carbons (Fsp3) is 0.455. The van der Waals surface area contributed by atoms with Crippen molar-refractivity contribution in [1.82, 2.24) is 0 Å². The number of hydrogen-bond acceptors (Lipinski definition) is 5. The van der Waals surface area contributed by atoms with Gasteiger partial charge in [-0.1, -0.05) is 0 Å². The number of likely N-dealkylation sites (N-methyl/N-ethyl adjacent to an activating group) is 1. The summed E-state index contributed by atoms with van der Waals surface area (Å²) < 4.78 is 4.96. The van der Waals surface area contributed by atoms with Crippen LogP contribution in [0.15, 0.2) is 18.2 Å². The van der Waals surface area contributed by atoms with Gasteiger partial charge in [0, 0.05) is 13.1 Å². The van der Waals surface area contributed by atoms with Crippen molar-refractivity contribution in [2.45, 2.75) is 6.92 Å². The SMILES string of the molecule is CCN(CCO)c1ccc(OC)cc1[N+](=O)[O-]. The molecule has 1 aromatic rings. The number of benzene rings is 1. The van der Waals surface area contributed by atoms with E-state index in [0.29, 0.717) is 24.5 Å². The molecule has 0 aliphatic heterocycles. The van der Waals surface area contributed by atoms with Gasteiger partial charge in [-0.2, -0.15) is 0 Å². The second kappa shape index (κ2) is 6.05. The molecule has 1 aromatic carbocycles. The van der Waals surface area contributed by atoms with Gasteiger partial charge in [-0.05, 0) is 19.1 Å². The van der Waals surface area contributed by atoms with E-state index in [2.05, 4.69) is 0 Å². The molecule has 6 heteroatoms. The quantitative estimate of drug-likeness (QED) is 0.601. The lowest BCUT2D eigenvalue weighted by Crippen LogP contribution is -2.26. The average Bonchev–Trinajstić information content (AvgIpc) is 2.35. The Morgan fingerprint density at radius 1 is 1.53 bits per heavy atom. The van der Waals surface area contributed by atoms with Crippen LogP contribution < -0.4 is 9.64 Å². The monoisotopic (exact) mass is 240 g/mol. The normalized spacial score (nSPS) is 10.1. The van der Waals surface area contributed by atoms with Gasteiger partial charge in [-0.15, -0.1) is 0 Å². The number of nitro groups is 1. The number of nitro benzene ring substituents is 1. The molecule has 0 fully saturated rings. The zero-order valence-corrected chi connectivity index (χ0v) is 9.92. The third-order valence-corrected chi connectivity index (χ3v) is 2.47. The molecule has 0 aliphatic rings. The van der Waals surface area contributed by atoms with E-state index < -0.39 is 4.92 Å². The van der Waals surface area contributed by atoms with E-state index in [1.807, 2.05) is 6.92 Å². The van der Waals surface area contributed by atoms with Crippen LogP contribution in [0.5, 0.6) is 5.75 Å². The molecule has 1 N–H and O–H groups in total. The summed E-state index contributed by atoms with van der Waals surface area (Å²) in [6.07, 6.45) is 0. The van der Waals surface area contributed by atoms with Crippen LogP contribution in [0.2, 0.25) is 0 Å². The molecule has 0 heterocycles. The lowest BCUT2D eigenvalue weighted by Gasteiger charge is -2.21. The number of hydrogen-bond donors (Lipinski definition) is 1. The van der Waals surface area contributed by atoms with E-state index in [-0.39, 0.29) is 12.3 Å². The van der Waals surface area contributed by atoms with Gasteiger partial charge >= 0.3 is 0 Å². The number of methoxy groups -OCH3 is 1. The summed E-state index contributed by atoms with van der Waals surface area (Å²) >= 11 is 0. The fourth-order valence-corrected chi connectivity index (χ4v) is 1.61. The number of anilines is 1. The Morgan fingerprint density at radius 3 is 2.71 bits per heavy atom. The fourth-order valence-electron chi connectivity index (χ4n) is 1.61. The first-order valence-corrected chi connectivity index (χ1v) is 5.32. The molecule has 0 saturated heterocycles. The van der Waals surface area contributed by atoms with Crippen LogP contribution in [0.3, 0.4) is 0 Å². The number of rotatable bonds is 6. The highest BCUT2D eigenvalue weighted by atomic mass is 16.6. The van der Waals surface area contributed by atoms with Gasteiger partial charge in [-0.25, -0.2) is 0 Å². The molecular weight excluding hydrogens is 224 g/mol. The second-order valence-corrected chi connectivity index (χ2v) is 3.42. The van der Waals surface area contributed by atoms with Crippen molar-refractivity contribution in [2.75, 3.05) is 31.7 Å². The molecule has 0 aliphatic carbocycles. The van der Waals surface area contributed by atoms with Crippen LogP contribution in [-0.4, -0.2) is 36.8 Å². The zero-order valence-electron chi connectivity index (χ0n) is 9.92. The molecule has 1 rings (SSSR count). The van der Waals surface area contributed by atoms with Crippen LogP contribution in [0.4, 0.5) is 11.4 Å². The Bertz CT molecular complexity index is 395. The minimum Gasteiger partial charge on any atom is -0.496 e. The molecule has 0 aromatic heterocycles. The van der Waals surface area contributed by atoms with E-state index >= 15 is 0 Å². The van der Waals surface area contributed by atoms with E-state index in [0.717, 1.165) is 0 Å². The topological polar surface area (TPSA) is 75.8 Å². The third kappa shape index (κ3) is 3.07. The van der Waals surface area contributed by atoms with Gasteiger partial charge < -0.3 is 14.7 Å². The highest BCUT2D eigenvalue weighted by molar-refractivity contribution is 5.65. The smallest absolute Gasteiger partial charge is 0.296 e. The molecule has 0 unspecified atom stereocenters. The maximum Gasteiger partial charge on any atom is 0.296 e. The largest absolute Gasteiger partial charge is 0.496 e. The van der Waals surface area contributed by atoms with Crippen molar-refractivity contribution in [1.29, 1.82) is 0 Å². The van der Waals surface area contributed by atoms with Gasteiger partial charge in [0.1, 0.15) is 11.4 Å². The Hall–Kier alpha value is -1.82. The highest BCUT2D eigenvalue weighted by Gasteiger charge is 2.19. The van der Waals surface area contributed by atoms with Crippen molar-refractivity contribution in [2.24, 2.45) is 0 Å². The standard InChI is InChI=1S/C11H16N2O4/c1-3-12(6-7-14)10-5-4-9(17-2)8-11(10)13(15)16/h4-5,8,14H,3,6-7H2,1-2H3. The molecule has 0 bridgehead atoms. The van der Waals surface area contributed by atoms with Crippen LogP contribution in [0.1, 0.15) is 6.92 Å². The first-order chi connectivity index (χ1) is 8.13. The maximum absolute atomic E-state index is 11.0. The number of nitrogens with zero attached hydrogens (tertiary/aromatic N) is 2. The van der Waals surface area contributed by atoms with E-state index in [9.17, 15) is 10.1 Å². The van der Waals surface area contributed by atoms with Gasteiger partial charge in [0.2, 0.25) is 0 Å². The van der Waals surface area contributed by atoms with Crippen molar-refractivity contribution < 1.29 is 14.8 Å². The van der Waals surface area contributed by atoms with E-state index in [1.165, 1.54) is 13.2 Å². The van der Waals surface area contributed by atoms with Crippen LogP contribution >= 0.6 is 0 Å².